The van der Waals surface area contributed by atoms with E-state index < -0.39 is 22.2 Å². The summed E-state index contributed by atoms with van der Waals surface area (Å²) in [6, 6.07) is 9.40. The Kier molecular flexibility index (Phi) is 4.37. The Balaban J connectivity index is 2.10. The molecule has 0 radical (unpaired) electrons. The van der Waals surface area contributed by atoms with Crippen LogP contribution in [0.2, 0.25) is 0 Å². The molecular formula is C13H9F3N2O2S. The van der Waals surface area contributed by atoms with E-state index in [1.807, 2.05) is 0 Å². The lowest BCUT2D eigenvalue weighted by Crippen LogP contribution is -2.16. The van der Waals surface area contributed by atoms with E-state index in [1.165, 1.54) is 24.4 Å². The number of amides is 1. The van der Waals surface area contributed by atoms with Gasteiger partial charge in [-0.25, -0.2) is 4.21 Å². The molecule has 0 fully saturated rings. The van der Waals surface area contributed by atoms with Crippen LogP contribution in [0.5, 0.6) is 0 Å². The minimum Gasteiger partial charge on any atom is -0.321 e. The van der Waals surface area contributed by atoms with Gasteiger partial charge in [-0.1, -0.05) is 6.07 Å². The summed E-state index contributed by atoms with van der Waals surface area (Å²) in [5.74, 6) is -0.486. The lowest BCUT2D eigenvalue weighted by atomic mass is 10.3. The Bertz CT molecular complexity index is 657. The Labute approximate surface area is 120 Å². The number of nitrogens with one attached hydrogen (secondary N) is 1. The normalized spacial score (nSPS) is 12.7. The summed E-state index contributed by atoms with van der Waals surface area (Å²) in [5, 5.41) is 2.48. The number of rotatable bonds is 3. The van der Waals surface area contributed by atoms with Crippen molar-refractivity contribution in [2.24, 2.45) is 0 Å². The van der Waals surface area contributed by atoms with Crippen LogP contribution in [-0.2, 0) is 10.8 Å². The first-order valence-electron chi connectivity index (χ1n) is 5.69. The molecule has 1 aromatic carbocycles. The number of pyridine rings is 1. The third kappa shape index (κ3) is 3.88. The molecule has 21 heavy (non-hydrogen) atoms. The van der Waals surface area contributed by atoms with Gasteiger partial charge in [0.2, 0.25) is 0 Å². The maximum absolute atomic E-state index is 12.3. The molecule has 2 aromatic rings. The summed E-state index contributed by atoms with van der Waals surface area (Å²) >= 11 is 0. The molecule has 1 N–H and O–H groups in total. The first kappa shape index (κ1) is 15.2. The number of aromatic nitrogens is 1. The van der Waals surface area contributed by atoms with Crippen LogP contribution in [-0.4, -0.2) is 20.6 Å². The second kappa shape index (κ2) is 6.04. The van der Waals surface area contributed by atoms with Crippen LogP contribution in [0, 0.1) is 0 Å². The van der Waals surface area contributed by atoms with Crippen molar-refractivity contribution in [1.29, 1.82) is 0 Å². The molecule has 0 saturated carbocycles. The van der Waals surface area contributed by atoms with Gasteiger partial charge < -0.3 is 5.32 Å². The molecule has 8 heteroatoms. The average Bonchev–Trinajstić information content (AvgIpc) is 2.47. The number of alkyl halides is 3. The van der Waals surface area contributed by atoms with Gasteiger partial charge in [0.25, 0.3) is 5.91 Å². The second-order valence-corrected chi connectivity index (χ2v) is 5.38. The van der Waals surface area contributed by atoms with E-state index in [4.69, 9.17) is 0 Å². The van der Waals surface area contributed by atoms with Crippen molar-refractivity contribution >= 4 is 22.4 Å². The lowest BCUT2D eigenvalue weighted by molar-refractivity contribution is -0.0384. The minimum atomic E-state index is -4.81. The van der Waals surface area contributed by atoms with Gasteiger partial charge in [-0.05, 0) is 36.4 Å². The molecule has 0 aliphatic carbocycles. The molecule has 1 amide bonds. The van der Waals surface area contributed by atoms with E-state index in [9.17, 15) is 22.2 Å². The van der Waals surface area contributed by atoms with Gasteiger partial charge in [0, 0.05) is 16.8 Å². The van der Waals surface area contributed by atoms with Crippen molar-refractivity contribution in [3.05, 3.63) is 54.4 Å². The molecule has 4 nitrogen and oxygen atoms in total. The smallest absolute Gasteiger partial charge is 0.321 e. The number of halogens is 3. The van der Waals surface area contributed by atoms with E-state index in [1.54, 1.807) is 12.1 Å². The third-order valence-corrected chi connectivity index (χ3v) is 3.55. The van der Waals surface area contributed by atoms with Gasteiger partial charge in [0.05, 0.1) is 0 Å². The van der Waals surface area contributed by atoms with Crippen LogP contribution in [0.25, 0.3) is 0 Å². The first-order chi connectivity index (χ1) is 9.88. The minimum absolute atomic E-state index is 0.181. The van der Waals surface area contributed by atoms with Crippen molar-refractivity contribution in [2.45, 2.75) is 10.4 Å². The summed E-state index contributed by atoms with van der Waals surface area (Å²) in [6.07, 6.45) is 1.45. The number of hydrogen-bond acceptors (Lipinski definition) is 3. The van der Waals surface area contributed by atoms with E-state index in [0.717, 1.165) is 12.1 Å². The highest BCUT2D eigenvalue weighted by atomic mass is 32.2. The molecule has 2 rings (SSSR count). The largest absolute Gasteiger partial charge is 0.475 e. The van der Waals surface area contributed by atoms with Crippen LogP contribution in [0.1, 0.15) is 10.5 Å². The number of carbonyl (C=O) groups excluding carboxylic acids is 1. The average molecular weight is 314 g/mol. The maximum Gasteiger partial charge on any atom is 0.475 e. The number of carbonyl (C=O) groups is 1. The van der Waals surface area contributed by atoms with Crippen molar-refractivity contribution in [3.8, 4) is 0 Å². The van der Waals surface area contributed by atoms with Crippen LogP contribution >= 0.6 is 0 Å². The molecule has 0 spiro atoms. The maximum atomic E-state index is 12.3. The molecule has 1 unspecified atom stereocenters. The molecule has 1 heterocycles. The van der Waals surface area contributed by atoms with E-state index in [-0.39, 0.29) is 16.3 Å². The fourth-order valence-corrected chi connectivity index (χ4v) is 2.14. The zero-order chi connectivity index (χ0) is 15.5. The summed E-state index contributed by atoms with van der Waals surface area (Å²) in [4.78, 5) is 15.2. The fourth-order valence-electron chi connectivity index (χ4n) is 1.49. The SMILES string of the molecule is O=C(Nc1ccc(S(=O)C(F)(F)F)cc1)c1ccccn1. The van der Waals surface area contributed by atoms with Crippen molar-refractivity contribution in [2.75, 3.05) is 5.32 Å². The highest BCUT2D eigenvalue weighted by Gasteiger charge is 2.37. The standard InChI is InChI=1S/C13H9F3N2O2S/c14-13(15,16)21(20)10-6-4-9(5-7-10)18-12(19)11-3-1-2-8-17-11/h1-8H,(H,18,19). The van der Waals surface area contributed by atoms with Crippen molar-refractivity contribution < 1.29 is 22.2 Å². The van der Waals surface area contributed by atoms with Crippen molar-refractivity contribution in [1.82, 2.24) is 4.98 Å². The predicted molar refractivity (Wildman–Crippen MR) is 71.1 cm³/mol. The molecule has 0 aliphatic heterocycles. The molecule has 1 atom stereocenters. The van der Waals surface area contributed by atoms with E-state index >= 15 is 0 Å². The topological polar surface area (TPSA) is 59.1 Å². The number of nitrogens with zero attached hydrogens (tertiary/aromatic N) is 1. The summed E-state index contributed by atoms with van der Waals surface area (Å²) in [7, 11) is -3.08. The zero-order valence-corrected chi connectivity index (χ0v) is 11.2. The lowest BCUT2D eigenvalue weighted by Gasteiger charge is -2.08. The van der Waals surface area contributed by atoms with Crippen LogP contribution < -0.4 is 5.32 Å². The van der Waals surface area contributed by atoms with Gasteiger partial charge in [-0.15, -0.1) is 0 Å². The number of benzene rings is 1. The van der Waals surface area contributed by atoms with Crippen molar-refractivity contribution in [3.63, 3.8) is 0 Å². The molecule has 0 bridgehead atoms. The quantitative estimate of drug-likeness (QED) is 0.947. The highest BCUT2D eigenvalue weighted by Crippen LogP contribution is 2.26. The van der Waals surface area contributed by atoms with Crippen LogP contribution in [0.4, 0.5) is 18.9 Å². The van der Waals surface area contributed by atoms with Gasteiger partial charge in [0.1, 0.15) is 5.69 Å². The molecular weight excluding hydrogens is 305 g/mol. The summed E-state index contributed by atoms with van der Waals surface area (Å²) in [6.45, 7) is 0. The summed E-state index contributed by atoms with van der Waals surface area (Å²) < 4.78 is 48.0. The molecule has 1 aromatic heterocycles. The number of hydrogen-bond donors (Lipinski definition) is 1. The first-order valence-corrected chi connectivity index (χ1v) is 6.84. The van der Waals surface area contributed by atoms with Gasteiger partial charge in [0.15, 0.2) is 10.8 Å². The van der Waals surface area contributed by atoms with Gasteiger partial charge >= 0.3 is 5.51 Å². The Hall–Kier alpha value is -2.22. The molecule has 0 saturated heterocycles. The fraction of sp³-hybridized carbons (Fsp3) is 0.0769. The second-order valence-electron chi connectivity index (χ2n) is 3.91. The molecule has 0 aliphatic rings. The van der Waals surface area contributed by atoms with Gasteiger partial charge in [-0.2, -0.15) is 13.2 Å². The van der Waals surface area contributed by atoms with Crippen LogP contribution in [0.15, 0.2) is 53.6 Å². The van der Waals surface area contributed by atoms with Gasteiger partial charge in [-0.3, -0.25) is 9.78 Å². The zero-order valence-electron chi connectivity index (χ0n) is 10.4. The summed E-state index contributed by atoms with van der Waals surface area (Å²) in [5.41, 5.74) is -4.34. The highest BCUT2D eigenvalue weighted by molar-refractivity contribution is 7.86. The molecule has 110 valence electrons. The van der Waals surface area contributed by atoms with E-state index in [0.29, 0.717) is 0 Å². The third-order valence-electron chi connectivity index (χ3n) is 2.43. The van der Waals surface area contributed by atoms with Crippen LogP contribution in [0.3, 0.4) is 0 Å². The predicted octanol–water partition coefficient (Wildman–Crippen LogP) is 2.96. The monoisotopic (exact) mass is 314 g/mol. The number of anilines is 1. The Morgan fingerprint density at radius 3 is 2.29 bits per heavy atom. The Morgan fingerprint density at radius 1 is 1.10 bits per heavy atom. The Morgan fingerprint density at radius 2 is 1.76 bits per heavy atom. The van der Waals surface area contributed by atoms with E-state index in [2.05, 4.69) is 10.3 Å².